The second kappa shape index (κ2) is 9.34. The Balaban J connectivity index is 1.30. The highest BCUT2D eigenvalue weighted by Gasteiger charge is 2.23. The molecule has 6 nitrogen and oxygen atoms in total. The van der Waals surface area contributed by atoms with Gasteiger partial charge < -0.3 is 9.64 Å². The van der Waals surface area contributed by atoms with Crippen LogP contribution in [0.25, 0.3) is 11.3 Å². The highest BCUT2D eigenvalue weighted by Crippen LogP contribution is 2.26. The molecule has 2 fully saturated rings. The summed E-state index contributed by atoms with van der Waals surface area (Å²) >= 11 is 0. The van der Waals surface area contributed by atoms with Gasteiger partial charge in [0.15, 0.2) is 0 Å². The molecule has 0 radical (unpaired) electrons. The van der Waals surface area contributed by atoms with E-state index in [9.17, 15) is 4.79 Å². The molecule has 1 unspecified atom stereocenters. The van der Waals surface area contributed by atoms with Crippen molar-refractivity contribution < 1.29 is 9.53 Å². The van der Waals surface area contributed by atoms with E-state index in [2.05, 4.69) is 39.4 Å². The molecule has 2 aromatic rings. The molecule has 2 aliphatic heterocycles. The Kier molecular flexibility index (Phi) is 6.39. The second-order valence-corrected chi connectivity index (χ2v) is 7.91. The van der Waals surface area contributed by atoms with E-state index in [1.54, 1.807) is 0 Å². The van der Waals surface area contributed by atoms with Gasteiger partial charge in [0, 0.05) is 38.2 Å². The van der Waals surface area contributed by atoms with Crippen LogP contribution in [0.1, 0.15) is 31.2 Å². The molecule has 150 valence electrons. The van der Waals surface area contributed by atoms with Gasteiger partial charge in [-0.1, -0.05) is 30.3 Å². The quantitative estimate of drug-likeness (QED) is 0.834. The van der Waals surface area contributed by atoms with Gasteiger partial charge >= 0.3 is 0 Å². The van der Waals surface area contributed by atoms with Crippen LogP contribution >= 0.6 is 0 Å². The van der Waals surface area contributed by atoms with Crippen LogP contribution in [0.3, 0.4) is 0 Å². The number of nitrogens with zero attached hydrogens (tertiary/aromatic N) is 3. The lowest BCUT2D eigenvalue weighted by Crippen LogP contribution is -2.41. The maximum atomic E-state index is 12.4. The summed E-state index contributed by atoms with van der Waals surface area (Å²) in [5.41, 5.74) is 3.54. The van der Waals surface area contributed by atoms with Gasteiger partial charge in [-0.25, -0.2) is 0 Å². The monoisotopic (exact) mass is 382 g/mol. The smallest absolute Gasteiger partial charge is 0.222 e. The molecule has 0 aliphatic carbocycles. The molecule has 4 rings (SSSR count). The maximum absolute atomic E-state index is 12.4. The average Bonchev–Trinajstić information content (AvgIpc) is 3.21. The Morgan fingerprint density at radius 1 is 1.18 bits per heavy atom. The summed E-state index contributed by atoms with van der Waals surface area (Å²) in [6.07, 6.45) is 6.04. The minimum atomic E-state index is 0.293. The third-order valence-corrected chi connectivity index (χ3v) is 5.91. The molecule has 0 bridgehead atoms. The molecule has 1 atom stereocenters. The fraction of sp³-hybridized carbons (Fsp3) is 0.545. The number of carbonyl (C=O) groups is 1. The topological polar surface area (TPSA) is 61.5 Å². The van der Waals surface area contributed by atoms with Crippen molar-refractivity contribution >= 4 is 5.91 Å². The van der Waals surface area contributed by atoms with Crippen LogP contribution in [0.4, 0.5) is 0 Å². The van der Waals surface area contributed by atoms with E-state index in [4.69, 9.17) is 4.74 Å². The Morgan fingerprint density at radius 2 is 2.00 bits per heavy atom. The molecule has 6 heteroatoms. The van der Waals surface area contributed by atoms with Crippen molar-refractivity contribution in [2.75, 3.05) is 39.4 Å². The van der Waals surface area contributed by atoms with Gasteiger partial charge in [0.2, 0.25) is 5.91 Å². The lowest BCUT2D eigenvalue weighted by atomic mass is 9.92. The Morgan fingerprint density at radius 3 is 2.82 bits per heavy atom. The third kappa shape index (κ3) is 4.80. The van der Waals surface area contributed by atoms with E-state index in [-0.39, 0.29) is 0 Å². The lowest BCUT2D eigenvalue weighted by Gasteiger charge is -2.33. The van der Waals surface area contributed by atoms with E-state index in [0.29, 0.717) is 31.5 Å². The van der Waals surface area contributed by atoms with Gasteiger partial charge in [0.05, 0.1) is 25.1 Å². The molecular formula is C22H30N4O2. The van der Waals surface area contributed by atoms with Crippen molar-refractivity contribution in [3.8, 4) is 11.3 Å². The fourth-order valence-corrected chi connectivity index (χ4v) is 4.36. The minimum absolute atomic E-state index is 0.293. The number of ether oxygens (including phenoxy) is 1. The van der Waals surface area contributed by atoms with E-state index >= 15 is 0 Å². The van der Waals surface area contributed by atoms with Gasteiger partial charge in [0.1, 0.15) is 0 Å². The molecule has 1 aromatic heterocycles. The van der Waals surface area contributed by atoms with Crippen LogP contribution in [0.5, 0.6) is 0 Å². The first-order valence-corrected chi connectivity index (χ1v) is 10.4. The van der Waals surface area contributed by atoms with Gasteiger partial charge in [-0.2, -0.15) is 5.10 Å². The largest absolute Gasteiger partial charge is 0.378 e. The predicted octanol–water partition coefficient (Wildman–Crippen LogP) is 2.93. The van der Waals surface area contributed by atoms with E-state index in [1.165, 1.54) is 24.0 Å². The summed E-state index contributed by atoms with van der Waals surface area (Å²) < 4.78 is 5.34. The molecule has 0 saturated carbocycles. The van der Waals surface area contributed by atoms with Crippen molar-refractivity contribution in [2.24, 2.45) is 5.92 Å². The Bertz CT molecular complexity index is 755. The number of H-pyrrole nitrogens is 1. The number of likely N-dealkylation sites (tertiary alicyclic amines) is 1. The number of benzene rings is 1. The van der Waals surface area contributed by atoms with Crippen molar-refractivity contribution in [1.82, 2.24) is 20.0 Å². The lowest BCUT2D eigenvalue weighted by molar-refractivity contribution is -0.135. The minimum Gasteiger partial charge on any atom is -0.378 e. The number of aromatic amines is 1. The summed E-state index contributed by atoms with van der Waals surface area (Å²) in [5, 5.41) is 7.44. The van der Waals surface area contributed by atoms with Gasteiger partial charge in [0.25, 0.3) is 0 Å². The average molecular weight is 383 g/mol. The first kappa shape index (κ1) is 19.2. The first-order chi connectivity index (χ1) is 13.8. The number of carbonyl (C=O) groups excluding carboxylic acids is 1. The van der Waals surface area contributed by atoms with Gasteiger partial charge in [-0.05, 0) is 37.3 Å². The summed E-state index contributed by atoms with van der Waals surface area (Å²) in [6.45, 7) is 5.95. The van der Waals surface area contributed by atoms with Crippen molar-refractivity contribution in [1.29, 1.82) is 0 Å². The zero-order chi connectivity index (χ0) is 19.2. The number of rotatable bonds is 6. The Hall–Kier alpha value is -2.18. The van der Waals surface area contributed by atoms with Crippen molar-refractivity contribution in [3.63, 3.8) is 0 Å². The highest BCUT2D eigenvalue weighted by atomic mass is 16.5. The first-order valence-electron chi connectivity index (χ1n) is 10.4. The normalized spacial score (nSPS) is 21.0. The molecule has 3 heterocycles. The zero-order valence-corrected chi connectivity index (χ0v) is 16.5. The van der Waals surface area contributed by atoms with Crippen LogP contribution in [-0.2, 0) is 16.1 Å². The van der Waals surface area contributed by atoms with Crippen molar-refractivity contribution in [3.05, 3.63) is 42.1 Å². The molecule has 0 spiro atoms. The van der Waals surface area contributed by atoms with Crippen LogP contribution < -0.4 is 0 Å². The third-order valence-electron chi connectivity index (χ3n) is 5.91. The summed E-state index contributed by atoms with van der Waals surface area (Å²) in [6, 6.07) is 10.4. The summed E-state index contributed by atoms with van der Waals surface area (Å²) in [4.78, 5) is 16.9. The van der Waals surface area contributed by atoms with E-state index in [1.807, 2.05) is 17.2 Å². The predicted molar refractivity (Wildman–Crippen MR) is 109 cm³/mol. The fourth-order valence-electron chi connectivity index (χ4n) is 4.36. The van der Waals surface area contributed by atoms with Crippen LogP contribution in [0, 0.1) is 5.92 Å². The number of piperidine rings is 1. The number of morpholine rings is 1. The summed E-state index contributed by atoms with van der Waals surface area (Å²) in [7, 11) is 0. The SMILES string of the molecule is O=C(CCC1CCCN(Cc2cn[nH]c2-c2ccccc2)C1)N1CCOCC1. The van der Waals surface area contributed by atoms with Gasteiger partial charge in [-0.3, -0.25) is 14.8 Å². The van der Waals surface area contributed by atoms with Crippen LogP contribution in [-0.4, -0.2) is 65.3 Å². The van der Waals surface area contributed by atoms with Gasteiger partial charge in [-0.15, -0.1) is 0 Å². The number of aromatic nitrogens is 2. The second-order valence-electron chi connectivity index (χ2n) is 7.91. The summed E-state index contributed by atoms with van der Waals surface area (Å²) in [5.74, 6) is 0.896. The Labute approximate surface area is 166 Å². The number of nitrogens with one attached hydrogen (secondary N) is 1. The zero-order valence-electron chi connectivity index (χ0n) is 16.5. The van der Waals surface area contributed by atoms with Crippen LogP contribution in [0.15, 0.2) is 36.5 Å². The molecule has 2 saturated heterocycles. The number of amides is 1. The molecule has 1 amide bonds. The maximum Gasteiger partial charge on any atom is 0.222 e. The molecule has 2 aliphatic rings. The molecule has 28 heavy (non-hydrogen) atoms. The highest BCUT2D eigenvalue weighted by molar-refractivity contribution is 5.76. The number of hydrogen-bond donors (Lipinski definition) is 1. The van der Waals surface area contributed by atoms with Crippen LogP contribution in [0.2, 0.25) is 0 Å². The van der Waals surface area contributed by atoms with Crippen molar-refractivity contribution in [2.45, 2.75) is 32.2 Å². The molecule has 1 aromatic carbocycles. The molecule has 1 N–H and O–H groups in total. The standard InChI is InChI=1S/C22H30N4O2/c27-21(26-11-13-28-14-12-26)9-8-18-5-4-10-25(16-18)17-20-15-23-24-22(20)19-6-2-1-3-7-19/h1-3,6-7,15,18H,4-5,8-14,16-17H2,(H,23,24). The van der Waals surface area contributed by atoms with E-state index in [0.717, 1.165) is 44.8 Å². The number of hydrogen-bond acceptors (Lipinski definition) is 4. The van der Waals surface area contributed by atoms with E-state index < -0.39 is 0 Å². The molecular weight excluding hydrogens is 352 g/mol.